The quantitative estimate of drug-likeness (QED) is 0.388. The molecule has 0 amide bonds. The molecule has 0 aliphatic carbocycles. The average Bonchev–Trinajstić information content (AvgIpc) is 3.06. The number of para-hydroxylation sites is 1. The van der Waals surface area contributed by atoms with E-state index in [9.17, 15) is 4.79 Å². The van der Waals surface area contributed by atoms with Crippen LogP contribution < -0.4 is 0 Å². The fourth-order valence-electron chi connectivity index (χ4n) is 3.60. The van der Waals surface area contributed by atoms with E-state index in [2.05, 4.69) is 22.4 Å². The third-order valence-electron chi connectivity index (χ3n) is 5.26. The van der Waals surface area contributed by atoms with E-state index in [-0.39, 0.29) is 0 Å². The molecule has 0 saturated carbocycles. The Hall–Kier alpha value is -2.17. The molecular formula is C23H35N3O2. The molecule has 0 spiro atoms. The minimum absolute atomic E-state index is 0.321. The van der Waals surface area contributed by atoms with Crippen molar-refractivity contribution in [3.63, 3.8) is 0 Å². The van der Waals surface area contributed by atoms with Crippen LogP contribution in [0.15, 0.2) is 30.3 Å². The van der Waals surface area contributed by atoms with Crippen LogP contribution in [-0.4, -0.2) is 26.1 Å². The van der Waals surface area contributed by atoms with Crippen LogP contribution in [0.1, 0.15) is 88.4 Å². The molecule has 1 heterocycles. The van der Waals surface area contributed by atoms with Gasteiger partial charge in [0.2, 0.25) is 0 Å². The first-order valence-corrected chi connectivity index (χ1v) is 10.9. The minimum atomic E-state index is -0.670. The SMILES string of the molecule is Cc1nnn(-c2ccccc2)c1CCCCCCCCCCCCCC(=O)O. The van der Waals surface area contributed by atoms with Crippen LogP contribution in [-0.2, 0) is 11.2 Å². The van der Waals surface area contributed by atoms with Gasteiger partial charge in [-0.2, -0.15) is 0 Å². The molecule has 2 rings (SSSR count). The maximum atomic E-state index is 10.4. The maximum absolute atomic E-state index is 10.4. The number of aliphatic carboxylic acids is 1. The van der Waals surface area contributed by atoms with Crippen LogP contribution in [0.5, 0.6) is 0 Å². The van der Waals surface area contributed by atoms with E-state index >= 15 is 0 Å². The molecule has 0 radical (unpaired) electrons. The Labute approximate surface area is 169 Å². The van der Waals surface area contributed by atoms with E-state index in [1.54, 1.807) is 0 Å². The summed E-state index contributed by atoms with van der Waals surface area (Å²) in [6.07, 6.45) is 14.6. The molecule has 0 saturated heterocycles. The van der Waals surface area contributed by atoms with Crippen LogP contribution in [0.3, 0.4) is 0 Å². The third kappa shape index (κ3) is 8.24. The zero-order chi connectivity index (χ0) is 20.0. The maximum Gasteiger partial charge on any atom is 0.303 e. The van der Waals surface area contributed by atoms with Crippen molar-refractivity contribution in [2.75, 3.05) is 0 Å². The highest BCUT2D eigenvalue weighted by Gasteiger charge is 2.10. The molecule has 0 aliphatic heterocycles. The Morgan fingerprint density at radius 1 is 0.857 bits per heavy atom. The van der Waals surface area contributed by atoms with Crippen molar-refractivity contribution >= 4 is 5.97 Å². The van der Waals surface area contributed by atoms with Gasteiger partial charge in [-0.25, -0.2) is 4.68 Å². The summed E-state index contributed by atoms with van der Waals surface area (Å²) in [6.45, 7) is 2.05. The first kappa shape index (κ1) is 22.1. The standard InChI is InChI=1S/C23H35N3O2/c1-20-22(26(25-24-20)21-16-12-11-13-17-21)18-14-9-7-5-3-2-4-6-8-10-15-19-23(27)28/h11-13,16-17H,2-10,14-15,18-19H2,1H3,(H,27,28). The molecule has 5 nitrogen and oxygen atoms in total. The number of carboxylic acids is 1. The fourth-order valence-corrected chi connectivity index (χ4v) is 3.60. The Kier molecular flexibility index (Phi) is 10.3. The van der Waals surface area contributed by atoms with Crippen LogP contribution in [0.25, 0.3) is 5.69 Å². The number of rotatable bonds is 15. The topological polar surface area (TPSA) is 68.0 Å². The molecule has 2 aromatic rings. The highest BCUT2D eigenvalue weighted by molar-refractivity contribution is 5.66. The summed E-state index contributed by atoms with van der Waals surface area (Å²) in [4.78, 5) is 10.4. The Morgan fingerprint density at radius 3 is 1.96 bits per heavy atom. The van der Waals surface area contributed by atoms with Gasteiger partial charge in [-0.05, 0) is 38.3 Å². The lowest BCUT2D eigenvalue weighted by Crippen LogP contribution is -2.03. The first-order valence-electron chi connectivity index (χ1n) is 10.9. The summed E-state index contributed by atoms with van der Waals surface area (Å²) in [5, 5.41) is 17.2. The van der Waals surface area contributed by atoms with Gasteiger partial charge in [0.1, 0.15) is 0 Å². The minimum Gasteiger partial charge on any atom is -0.481 e. The molecule has 0 fully saturated rings. The molecule has 1 aromatic heterocycles. The molecule has 0 unspecified atom stereocenters. The lowest BCUT2D eigenvalue weighted by atomic mass is 10.0. The molecule has 1 aromatic carbocycles. The summed E-state index contributed by atoms with van der Waals surface area (Å²) in [7, 11) is 0. The molecular weight excluding hydrogens is 350 g/mol. The molecule has 1 N–H and O–H groups in total. The lowest BCUT2D eigenvalue weighted by molar-refractivity contribution is -0.137. The smallest absolute Gasteiger partial charge is 0.303 e. The summed E-state index contributed by atoms with van der Waals surface area (Å²) in [6, 6.07) is 10.2. The number of carboxylic acid groups (broad SMARTS) is 1. The van der Waals surface area contributed by atoms with Gasteiger partial charge in [-0.3, -0.25) is 4.79 Å². The van der Waals surface area contributed by atoms with Gasteiger partial charge in [0, 0.05) is 6.42 Å². The van der Waals surface area contributed by atoms with Crippen molar-refractivity contribution in [3.8, 4) is 5.69 Å². The molecule has 5 heteroatoms. The van der Waals surface area contributed by atoms with E-state index in [4.69, 9.17) is 5.11 Å². The number of unbranched alkanes of at least 4 members (excludes halogenated alkanes) is 10. The molecule has 0 atom stereocenters. The van der Waals surface area contributed by atoms with Crippen molar-refractivity contribution in [1.29, 1.82) is 0 Å². The summed E-state index contributed by atoms with van der Waals surface area (Å²) < 4.78 is 1.98. The lowest BCUT2D eigenvalue weighted by Gasteiger charge is -2.07. The van der Waals surface area contributed by atoms with E-state index in [0.717, 1.165) is 30.6 Å². The van der Waals surface area contributed by atoms with Crippen LogP contribution in [0, 0.1) is 6.92 Å². The van der Waals surface area contributed by atoms with Crippen molar-refractivity contribution < 1.29 is 9.90 Å². The largest absolute Gasteiger partial charge is 0.481 e. The Morgan fingerprint density at radius 2 is 1.39 bits per heavy atom. The number of carbonyl (C=O) groups is 1. The monoisotopic (exact) mass is 385 g/mol. The van der Waals surface area contributed by atoms with Gasteiger partial charge in [-0.1, -0.05) is 81.2 Å². The summed E-state index contributed by atoms with van der Waals surface area (Å²) in [5.41, 5.74) is 3.35. The van der Waals surface area contributed by atoms with E-state index < -0.39 is 5.97 Å². The van der Waals surface area contributed by atoms with Gasteiger partial charge in [0.15, 0.2) is 0 Å². The number of hydrogen-bond donors (Lipinski definition) is 1. The van der Waals surface area contributed by atoms with Crippen molar-refractivity contribution in [1.82, 2.24) is 15.0 Å². The number of nitrogens with zero attached hydrogens (tertiary/aromatic N) is 3. The van der Waals surface area contributed by atoms with Gasteiger partial charge in [-0.15, -0.1) is 5.10 Å². The first-order chi connectivity index (χ1) is 13.7. The molecule has 0 aliphatic rings. The average molecular weight is 386 g/mol. The van der Waals surface area contributed by atoms with Crippen molar-refractivity contribution in [2.45, 2.75) is 90.4 Å². The van der Waals surface area contributed by atoms with Crippen molar-refractivity contribution in [3.05, 3.63) is 41.7 Å². The Balaban J connectivity index is 1.50. The zero-order valence-electron chi connectivity index (χ0n) is 17.3. The summed E-state index contributed by atoms with van der Waals surface area (Å²) >= 11 is 0. The van der Waals surface area contributed by atoms with E-state index in [0.29, 0.717) is 6.42 Å². The van der Waals surface area contributed by atoms with E-state index in [1.165, 1.54) is 63.5 Å². The van der Waals surface area contributed by atoms with Crippen LogP contribution in [0.4, 0.5) is 0 Å². The second-order valence-corrected chi connectivity index (χ2v) is 7.65. The van der Waals surface area contributed by atoms with Gasteiger partial charge < -0.3 is 5.11 Å². The fraction of sp³-hybridized carbons (Fsp3) is 0.609. The second-order valence-electron chi connectivity index (χ2n) is 7.65. The van der Waals surface area contributed by atoms with Gasteiger partial charge in [0.25, 0.3) is 0 Å². The molecule has 0 bridgehead atoms. The number of aryl methyl sites for hydroxylation is 1. The predicted octanol–water partition coefficient (Wildman–Crippen LogP) is 5.88. The summed E-state index contributed by atoms with van der Waals surface area (Å²) in [5.74, 6) is -0.670. The highest BCUT2D eigenvalue weighted by Crippen LogP contribution is 2.17. The molecule has 154 valence electrons. The van der Waals surface area contributed by atoms with Crippen LogP contribution >= 0.6 is 0 Å². The number of benzene rings is 1. The van der Waals surface area contributed by atoms with Gasteiger partial charge >= 0.3 is 5.97 Å². The second kappa shape index (κ2) is 13.1. The van der Waals surface area contributed by atoms with Crippen molar-refractivity contribution in [2.24, 2.45) is 0 Å². The predicted molar refractivity (Wildman–Crippen MR) is 113 cm³/mol. The Bertz CT molecular complexity index is 682. The zero-order valence-corrected chi connectivity index (χ0v) is 17.3. The number of hydrogen-bond acceptors (Lipinski definition) is 3. The molecule has 28 heavy (non-hydrogen) atoms. The van der Waals surface area contributed by atoms with Crippen LogP contribution in [0.2, 0.25) is 0 Å². The van der Waals surface area contributed by atoms with E-state index in [1.807, 2.05) is 29.8 Å². The normalized spacial score (nSPS) is 11.0. The third-order valence-corrected chi connectivity index (χ3v) is 5.26. The highest BCUT2D eigenvalue weighted by atomic mass is 16.4. The number of aromatic nitrogens is 3. The van der Waals surface area contributed by atoms with Gasteiger partial charge in [0.05, 0.1) is 17.1 Å².